The van der Waals surface area contributed by atoms with Gasteiger partial charge < -0.3 is 5.11 Å². The van der Waals surface area contributed by atoms with Crippen molar-refractivity contribution in [2.24, 2.45) is 0 Å². The molecule has 1 nitrogen and oxygen atoms in total. The van der Waals surface area contributed by atoms with E-state index in [0.29, 0.717) is 22.3 Å². The number of rotatable bonds is 1. The second-order valence-electron chi connectivity index (χ2n) is 4.52. The van der Waals surface area contributed by atoms with E-state index in [1.807, 2.05) is 0 Å². The van der Waals surface area contributed by atoms with Crippen molar-refractivity contribution >= 4 is 0 Å². The first kappa shape index (κ1) is 12.6. The molecule has 1 N–H and O–H groups in total. The van der Waals surface area contributed by atoms with Crippen molar-refractivity contribution in [3.8, 4) is 16.9 Å². The van der Waals surface area contributed by atoms with Crippen LogP contribution in [0.2, 0.25) is 0 Å². The Morgan fingerprint density at radius 2 is 1.17 bits per heavy atom. The van der Waals surface area contributed by atoms with Gasteiger partial charge in [-0.15, -0.1) is 0 Å². The zero-order valence-corrected chi connectivity index (χ0v) is 10.5. The fraction of sp³-hybridized carbons (Fsp3) is 0.200. The Kier molecular flexibility index (Phi) is 3.07. The third kappa shape index (κ3) is 2.08. The predicted octanol–water partition coefficient (Wildman–Crippen LogP) is 4.26. The van der Waals surface area contributed by atoms with Gasteiger partial charge in [0.05, 0.1) is 0 Å². The second kappa shape index (κ2) is 4.41. The second-order valence-corrected chi connectivity index (χ2v) is 4.52. The van der Waals surface area contributed by atoms with E-state index in [4.69, 9.17) is 0 Å². The Morgan fingerprint density at radius 1 is 0.778 bits per heavy atom. The molecule has 0 heterocycles. The van der Waals surface area contributed by atoms with Crippen LogP contribution in [-0.2, 0) is 0 Å². The molecule has 0 amide bonds. The van der Waals surface area contributed by atoms with E-state index in [1.165, 1.54) is 19.1 Å². The van der Waals surface area contributed by atoms with E-state index in [-0.39, 0.29) is 11.3 Å². The number of aryl methyl sites for hydroxylation is 2. The molecule has 0 fully saturated rings. The van der Waals surface area contributed by atoms with Crippen LogP contribution >= 0.6 is 0 Å². The third-order valence-electron chi connectivity index (χ3n) is 3.11. The smallest absolute Gasteiger partial charge is 0.129 e. The number of hydrogen-bond donors (Lipinski definition) is 1. The summed E-state index contributed by atoms with van der Waals surface area (Å²) in [4.78, 5) is 0. The van der Waals surface area contributed by atoms with Gasteiger partial charge in [0.2, 0.25) is 0 Å². The summed E-state index contributed by atoms with van der Waals surface area (Å²) in [6, 6.07) is 6.05. The summed E-state index contributed by atoms with van der Waals surface area (Å²) in [6.45, 7) is 4.92. The summed E-state index contributed by atoms with van der Waals surface area (Å²) in [7, 11) is 0. The van der Waals surface area contributed by atoms with E-state index in [9.17, 15) is 13.9 Å². The molecule has 0 unspecified atom stereocenters. The lowest BCUT2D eigenvalue weighted by Crippen LogP contribution is -1.92. The topological polar surface area (TPSA) is 20.2 Å². The monoisotopic (exact) mass is 248 g/mol. The normalized spacial score (nSPS) is 10.7. The van der Waals surface area contributed by atoms with Gasteiger partial charge in [-0.3, -0.25) is 0 Å². The Balaban J connectivity index is 2.63. The van der Waals surface area contributed by atoms with Gasteiger partial charge in [0.25, 0.3) is 0 Å². The first-order valence-electron chi connectivity index (χ1n) is 5.66. The predicted molar refractivity (Wildman–Crippen MR) is 67.7 cm³/mol. The van der Waals surface area contributed by atoms with Crippen LogP contribution in [0.3, 0.4) is 0 Å². The average Bonchev–Trinajstić information content (AvgIpc) is 2.31. The van der Waals surface area contributed by atoms with Crippen molar-refractivity contribution in [1.82, 2.24) is 0 Å². The standard InChI is InChI=1S/C15H14F2O/c1-8-4-11(5-9(2)15(8)18)12-6-13(16)10(3)14(17)7-12/h4-7,18H,1-3H3. The number of benzene rings is 2. The van der Waals surface area contributed by atoms with E-state index in [0.717, 1.165) is 0 Å². The Morgan fingerprint density at radius 3 is 1.61 bits per heavy atom. The van der Waals surface area contributed by atoms with Crippen molar-refractivity contribution in [2.75, 3.05) is 0 Å². The molecule has 0 saturated heterocycles. The van der Waals surface area contributed by atoms with Crippen LogP contribution < -0.4 is 0 Å². The van der Waals surface area contributed by atoms with Crippen LogP contribution in [-0.4, -0.2) is 5.11 Å². The number of aromatic hydroxyl groups is 1. The van der Waals surface area contributed by atoms with Gasteiger partial charge in [0.1, 0.15) is 17.4 Å². The van der Waals surface area contributed by atoms with Gasteiger partial charge >= 0.3 is 0 Å². The SMILES string of the molecule is Cc1cc(-c2cc(F)c(C)c(F)c2)cc(C)c1O. The summed E-state index contributed by atoms with van der Waals surface area (Å²) in [6.07, 6.45) is 0. The molecule has 0 aliphatic heterocycles. The molecule has 94 valence electrons. The summed E-state index contributed by atoms with van der Waals surface area (Å²) in [5, 5.41) is 9.68. The summed E-state index contributed by atoms with van der Waals surface area (Å²) >= 11 is 0. The molecular formula is C15H14F2O. The van der Waals surface area contributed by atoms with Crippen molar-refractivity contribution < 1.29 is 13.9 Å². The van der Waals surface area contributed by atoms with E-state index >= 15 is 0 Å². The Hall–Kier alpha value is -1.90. The molecule has 0 atom stereocenters. The highest BCUT2D eigenvalue weighted by Crippen LogP contribution is 2.30. The van der Waals surface area contributed by atoms with Crippen LogP contribution in [0.1, 0.15) is 16.7 Å². The van der Waals surface area contributed by atoms with Crippen LogP contribution in [0.25, 0.3) is 11.1 Å². The number of phenolic OH excluding ortho intramolecular Hbond substituents is 1. The zero-order chi connectivity index (χ0) is 13.4. The Labute approximate surface area is 105 Å². The zero-order valence-electron chi connectivity index (χ0n) is 10.5. The minimum Gasteiger partial charge on any atom is -0.507 e. The highest BCUT2D eigenvalue weighted by atomic mass is 19.1. The molecule has 18 heavy (non-hydrogen) atoms. The van der Waals surface area contributed by atoms with Crippen LogP contribution in [0.5, 0.6) is 5.75 Å². The van der Waals surface area contributed by atoms with Gasteiger partial charge in [-0.25, -0.2) is 8.78 Å². The van der Waals surface area contributed by atoms with Gasteiger partial charge in [-0.1, -0.05) is 0 Å². The van der Waals surface area contributed by atoms with Crippen LogP contribution in [0.4, 0.5) is 8.78 Å². The summed E-state index contributed by atoms with van der Waals surface area (Å²) < 4.78 is 27.0. The number of halogens is 2. The molecule has 0 bridgehead atoms. The highest BCUT2D eigenvalue weighted by molar-refractivity contribution is 5.67. The van der Waals surface area contributed by atoms with Crippen molar-refractivity contribution in [3.63, 3.8) is 0 Å². The summed E-state index contributed by atoms with van der Waals surface area (Å²) in [5.41, 5.74) is 2.56. The van der Waals surface area contributed by atoms with Crippen molar-refractivity contribution in [2.45, 2.75) is 20.8 Å². The average molecular weight is 248 g/mol. The molecule has 0 aliphatic carbocycles. The fourth-order valence-corrected chi connectivity index (χ4v) is 1.93. The van der Waals surface area contributed by atoms with Crippen LogP contribution in [0.15, 0.2) is 24.3 Å². The van der Waals surface area contributed by atoms with Gasteiger partial charge in [0.15, 0.2) is 0 Å². The molecule has 2 rings (SSSR count). The summed E-state index contributed by atoms with van der Waals surface area (Å²) in [5.74, 6) is -0.909. The number of phenols is 1. The lowest BCUT2D eigenvalue weighted by Gasteiger charge is -2.09. The largest absolute Gasteiger partial charge is 0.507 e. The van der Waals surface area contributed by atoms with Crippen LogP contribution in [0, 0.1) is 32.4 Å². The molecule has 0 saturated carbocycles. The molecule has 0 spiro atoms. The fourth-order valence-electron chi connectivity index (χ4n) is 1.93. The maximum atomic E-state index is 13.5. The van der Waals surface area contributed by atoms with Gasteiger partial charge in [-0.05, 0) is 67.3 Å². The molecule has 0 aliphatic rings. The highest BCUT2D eigenvalue weighted by Gasteiger charge is 2.10. The van der Waals surface area contributed by atoms with E-state index in [1.54, 1.807) is 26.0 Å². The molecule has 0 aromatic heterocycles. The first-order valence-corrected chi connectivity index (χ1v) is 5.66. The molecular weight excluding hydrogens is 234 g/mol. The third-order valence-corrected chi connectivity index (χ3v) is 3.11. The maximum absolute atomic E-state index is 13.5. The molecule has 2 aromatic carbocycles. The minimum absolute atomic E-state index is 0.0194. The van der Waals surface area contributed by atoms with Gasteiger partial charge in [-0.2, -0.15) is 0 Å². The quantitative estimate of drug-likeness (QED) is 0.799. The molecule has 2 aromatic rings. The molecule has 0 radical (unpaired) electrons. The number of hydrogen-bond acceptors (Lipinski definition) is 1. The Bertz CT molecular complexity index is 516. The minimum atomic E-state index is -0.562. The van der Waals surface area contributed by atoms with Gasteiger partial charge in [0, 0.05) is 5.56 Å². The first-order chi connectivity index (χ1) is 8.40. The molecule has 3 heteroatoms. The lowest BCUT2D eigenvalue weighted by atomic mass is 9.98. The van der Waals surface area contributed by atoms with Crippen molar-refractivity contribution in [1.29, 1.82) is 0 Å². The van der Waals surface area contributed by atoms with E-state index < -0.39 is 11.6 Å². The van der Waals surface area contributed by atoms with E-state index in [2.05, 4.69) is 0 Å². The van der Waals surface area contributed by atoms with Crippen molar-refractivity contribution in [3.05, 3.63) is 52.6 Å². The maximum Gasteiger partial charge on any atom is 0.129 e. The lowest BCUT2D eigenvalue weighted by molar-refractivity contribution is 0.467.